The van der Waals surface area contributed by atoms with Crippen molar-refractivity contribution in [1.29, 1.82) is 0 Å². The Morgan fingerprint density at radius 3 is 2.17 bits per heavy atom. The Morgan fingerprint density at radius 1 is 0.917 bits per heavy atom. The van der Waals surface area contributed by atoms with Crippen LogP contribution >= 0.6 is 0 Å². The number of hydrogen-bond donors (Lipinski definition) is 2. The van der Waals surface area contributed by atoms with E-state index in [0.717, 1.165) is 12.1 Å². The lowest BCUT2D eigenvalue weighted by Crippen LogP contribution is -2.33. The monoisotopic (exact) mass is 499 g/mol. The van der Waals surface area contributed by atoms with Crippen LogP contribution in [0.25, 0.3) is 0 Å². The highest BCUT2D eigenvalue weighted by atomic mass is 19.4. The summed E-state index contributed by atoms with van der Waals surface area (Å²) in [5.41, 5.74) is 5.42. The van der Waals surface area contributed by atoms with Gasteiger partial charge in [-0.2, -0.15) is 13.2 Å². The van der Waals surface area contributed by atoms with Gasteiger partial charge in [0.15, 0.2) is 0 Å². The predicted octanol–water partition coefficient (Wildman–Crippen LogP) is 5.09. The van der Waals surface area contributed by atoms with Crippen molar-refractivity contribution in [3.63, 3.8) is 0 Å². The number of alkyl halides is 3. The third-order valence-corrected chi connectivity index (χ3v) is 5.21. The van der Waals surface area contributed by atoms with E-state index in [1.807, 2.05) is 0 Å². The highest BCUT2D eigenvalue weighted by Gasteiger charge is 2.30. The zero-order valence-electron chi connectivity index (χ0n) is 19.3. The lowest BCUT2D eigenvalue weighted by atomic mass is 10.1. The van der Waals surface area contributed by atoms with Crippen LogP contribution in [0.3, 0.4) is 0 Å². The molecule has 0 spiro atoms. The molecule has 0 aliphatic heterocycles. The quantitative estimate of drug-likeness (QED) is 0.428. The van der Waals surface area contributed by atoms with Crippen LogP contribution in [0.4, 0.5) is 18.9 Å². The van der Waals surface area contributed by atoms with E-state index in [9.17, 15) is 27.6 Å². The zero-order chi connectivity index (χ0) is 26.3. The van der Waals surface area contributed by atoms with Gasteiger partial charge in [-0.25, -0.2) is 0 Å². The van der Waals surface area contributed by atoms with Gasteiger partial charge in [-0.15, -0.1) is 0 Å². The molecule has 0 aliphatic rings. The van der Waals surface area contributed by atoms with Gasteiger partial charge in [0.25, 0.3) is 5.91 Å². The molecule has 7 nitrogen and oxygen atoms in total. The van der Waals surface area contributed by atoms with Crippen molar-refractivity contribution in [3.05, 3.63) is 89.5 Å². The number of amides is 3. The molecule has 3 amide bonds. The Labute approximate surface area is 205 Å². The van der Waals surface area contributed by atoms with Crippen LogP contribution in [0.15, 0.2) is 72.8 Å². The van der Waals surface area contributed by atoms with Crippen molar-refractivity contribution in [2.75, 3.05) is 18.4 Å². The van der Waals surface area contributed by atoms with Crippen LogP contribution in [0.1, 0.15) is 39.6 Å². The van der Waals surface area contributed by atoms with E-state index in [1.54, 1.807) is 31.2 Å². The number of ether oxygens (including phenoxy) is 1. The molecule has 36 heavy (non-hydrogen) atoms. The van der Waals surface area contributed by atoms with E-state index in [-0.39, 0.29) is 41.8 Å². The summed E-state index contributed by atoms with van der Waals surface area (Å²) in [6.07, 6.45) is -4.48. The van der Waals surface area contributed by atoms with Crippen molar-refractivity contribution >= 4 is 23.4 Å². The maximum atomic E-state index is 13.0. The third kappa shape index (κ3) is 7.08. The molecule has 3 rings (SSSR count). The Hall–Kier alpha value is -4.34. The minimum Gasteiger partial charge on any atom is -0.457 e. The normalized spacial score (nSPS) is 11.0. The fourth-order valence-electron chi connectivity index (χ4n) is 3.33. The van der Waals surface area contributed by atoms with Gasteiger partial charge < -0.3 is 20.7 Å². The number of halogens is 3. The molecule has 0 aromatic heterocycles. The Bertz CT molecular complexity index is 1240. The molecule has 0 unspecified atom stereocenters. The summed E-state index contributed by atoms with van der Waals surface area (Å²) >= 11 is 0. The van der Waals surface area contributed by atoms with Gasteiger partial charge >= 0.3 is 6.18 Å². The van der Waals surface area contributed by atoms with Gasteiger partial charge in [0.2, 0.25) is 11.8 Å². The number of carbonyl (C=O) groups is 3. The van der Waals surface area contributed by atoms with Gasteiger partial charge in [0.1, 0.15) is 11.5 Å². The first-order valence-corrected chi connectivity index (χ1v) is 11.0. The number of nitrogens with one attached hydrogen (secondary N) is 1. The lowest BCUT2D eigenvalue weighted by Gasteiger charge is -2.21. The van der Waals surface area contributed by atoms with E-state index in [0.29, 0.717) is 17.8 Å². The molecule has 0 heterocycles. The lowest BCUT2D eigenvalue weighted by molar-refractivity contribution is -0.137. The molecule has 188 valence electrons. The predicted molar refractivity (Wildman–Crippen MR) is 128 cm³/mol. The van der Waals surface area contributed by atoms with Crippen molar-refractivity contribution in [2.24, 2.45) is 5.73 Å². The van der Waals surface area contributed by atoms with Crippen LogP contribution in [0.2, 0.25) is 0 Å². The van der Waals surface area contributed by atoms with E-state index in [4.69, 9.17) is 10.5 Å². The van der Waals surface area contributed by atoms with E-state index in [2.05, 4.69) is 5.32 Å². The summed E-state index contributed by atoms with van der Waals surface area (Å²) in [6, 6.07) is 16.6. The summed E-state index contributed by atoms with van der Waals surface area (Å²) in [7, 11) is 0. The van der Waals surface area contributed by atoms with Gasteiger partial charge in [0, 0.05) is 36.3 Å². The second-order valence-corrected chi connectivity index (χ2v) is 7.78. The summed E-state index contributed by atoms with van der Waals surface area (Å²) in [5.74, 6) is -1.06. The van der Waals surface area contributed by atoms with Crippen molar-refractivity contribution < 1.29 is 32.3 Å². The average Bonchev–Trinajstić information content (AvgIpc) is 2.84. The van der Waals surface area contributed by atoms with Crippen LogP contribution in [0, 0.1) is 0 Å². The minimum atomic E-state index is -4.50. The number of rotatable bonds is 9. The van der Waals surface area contributed by atoms with Gasteiger partial charge in [0.05, 0.1) is 5.56 Å². The fourth-order valence-corrected chi connectivity index (χ4v) is 3.33. The standard InChI is InChI=1S/C26H24F3N3O4/c1-2-32(14-13-23(33)31-20-11-9-17(10-12-20)24(30)34)25(35)18-5-3-7-21(15-18)36-22-8-4-6-19(16-22)26(27,28)29/h3-12,15-16H,2,13-14H2,1H3,(H2,30,34)(H,31,33). The maximum Gasteiger partial charge on any atom is 0.416 e. The highest BCUT2D eigenvalue weighted by Crippen LogP contribution is 2.32. The summed E-state index contributed by atoms with van der Waals surface area (Å²) in [5, 5.41) is 2.69. The van der Waals surface area contributed by atoms with Crippen LogP contribution in [0.5, 0.6) is 11.5 Å². The number of anilines is 1. The van der Waals surface area contributed by atoms with Crippen LogP contribution in [-0.4, -0.2) is 35.7 Å². The molecule has 3 aromatic rings. The molecule has 0 saturated heterocycles. The second kappa shape index (κ2) is 11.4. The Morgan fingerprint density at radius 2 is 1.56 bits per heavy atom. The van der Waals surface area contributed by atoms with Crippen molar-refractivity contribution in [3.8, 4) is 11.5 Å². The summed E-state index contributed by atoms with van der Waals surface area (Å²) < 4.78 is 44.4. The Balaban J connectivity index is 1.61. The number of benzene rings is 3. The number of nitrogens with zero attached hydrogens (tertiary/aromatic N) is 1. The molecular weight excluding hydrogens is 475 g/mol. The average molecular weight is 499 g/mol. The van der Waals surface area contributed by atoms with Gasteiger partial charge in [-0.1, -0.05) is 12.1 Å². The minimum absolute atomic E-state index is 0.0118. The molecule has 0 bridgehead atoms. The second-order valence-electron chi connectivity index (χ2n) is 7.78. The number of nitrogens with two attached hydrogens (primary N) is 1. The van der Waals surface area contributed by atoms with Crippen molar-refractivity contribution in [2.45, 2.75) is 19.5 Å². The fraction of sp³-hybridized carbons (Fsp3) is 0.192. The first-order valence-electron chi connectivity index (χ1n) is 11.0. The first-order chi connectivity index (χ1) is 17.1. The third-order valence-electron chi connectivity index (χ3n) is 5.21. The SMILES string of the molecule is CCN(CCC(=O)Nc1ccc(C(N)=O)cc1)C(=O)c1cccc(Oc2cccc(C(F)(F)F)c2)c1. The Kier molecular flexibility index (Phi) is 8.31. The molecule has 0 atom stereocenters. The molecule has 3 aromatic carbocycles. The van der Waals surface area contributed by atoms with E-state index < -0.39 is 17.6 Å². The maximum absolute atomic E-state index is 13.0. The molecule has 0 radical (unpaired) electrons. The molecular formula is C26H24F3N3O4. The number of carbonyl (C=O) groups excluding carboxylic acids is 3. The van der Waals surface area contributed by atoms with Crippen LogP contribution < -0.4 is 15.8 Å². The summed E-state index contributed by atoms with van der Waals surface area (Å²) in [4.78, 5) is 37.9. The summed E-state index contributed by atoms with van der Waals surface area (Å²) in [6.45, 7) is 2.23. The smallest absolute Gasteiger partial charge is 0.416 e. The molecule has 3 N–H and O–H groups in total. The topological polar surface area (TPSA) is 102 Å². The highest BCUT2D eigenvalue weighted by molar-refractivity contribution is 5.96. The molecule has 0 aliphatic carbocycles. The van der Waals surface area contributed by atoms with E-state index >= 15 is 0 Å². The molecule has 0 fully saturated rings. The van der Waals surface area contributed by atoms with Crippen LogP contribution in [-0.2, 0) is 11.0 Å². The van der Waals surface area contributed by atoms with E-state index in [1.165, 1.54) is 41.3 Å². The first kappa shape index (κ1) is 26.3. The number of primary amides is 1. The van der Waals surface area contributed by atoms with Gasteiger partial charge in [-0.3, -0.25) is 14.4 Å². The molecule has 10 heteroatoms. The molecule has 0 saturated carbocycles. The van der Waals surface area contributed by atoms with Gasteiger partial charge in [-0.05, 0) is 67.6 Å². The zero-order valence-corrected chi connectivity index (χ0v) is 19.3. The largest absolute Gasteiger partial charge is 0.457 e. The number of hydrogen-bond acceptors (Lipinski definition) is 4. The van der Waals surface area contributed by atoms with Crippen molar-refractivity contribution in [1.82, 2.24) is 4.90 Å².